The molecule has 1 amide bonds. The summed E-state index contributed by atoms with van der Waals surface area (Å²) in [4.78, 5) is 34.3. The number of likely N-dealkylation sites (tertiary alicyclic amines) is 2. The lowest BCUT2D eigenvalue weighted by molar-refractivity contribution is -0.133. The molecule has 2 aliphatic heterocycles. The molecule has 142 valence electrons. The summed E-state index contributed by atoms with van der Waals surface area (Å²) in [6.07, 6.45) is 12.7. The van der Waals surface area contributed by atoms with Crippen molar-refractivity contribution in [1.82, 2.24) is 29.7 Å². The van der Waals surface area contributed by atoms with Gasteiger partial charge in [-0.2, -0.15) is 0 Å². The van der Waals surface area contributed by atoms with Crippen molar-refractivity contribution in [2.75, 3.05) is 38.0 Å². The molecule has 0 aliphatic carbocycles. The predicted molar refractivity (Wildman–Crippen MR) is 102 cm³/mol. The summed E-state index contributed by atoms with van der Waals surface area (Å²) in [5.74, 6) is 1.73. The molecule has 0 unspecified atom stereocenters. The highest BCUT2D eigenvalue weighted by atomic mass is 16.2. The Bertz CT molecular complexity index is 764. The standard InChI is InChI=1S/C19H25N7O/c27-17(14-25-9-1-2-10-25)26-11-3-4-15(13-26)18-19(23-8-7-22-18)24-16-12-20-5-6-21-16/h5-8,12,15H,1-4,9-11,13-14H2,(H,21,23,24)/t15-/m1/s1. The minimum atomic E-state index is 0.175. The Morgan fingerprint density at radius 3 is 2.67 bits per heavy atom. The highest BCUT2D eigenvalue weighted by molar-refractivity contribution is 5.78. The Hall–Kier alpha value is -2.61. The van der Waals surface area contributed by atoms with Crippen molar-refractivity contribution in [1.29, 1.82) is 0 Å². The average Bonchev–Trinajstić information content (AvgIpc) is 3.22. The van der Waals surface area contributed by atoms with Crippen LogP contribution in [0.5, 0.6) is 0 Å². The molecule has 4 rings (SSSR count). The second kappa shape index (κ2) is 8.39. The molecule has 2 aromatic rings. The molecule has 0 radical (unpaired) electrons. The highest BCUT2D eigenvalue weighted by Gasteiger charge is 2.29. The first-order valence-electron chi connectivity index (χ1n) is 9.63. The van der Waals surface area contributed by atoms with Crippen LogP contribution in [0.25, 0.3) is 0 Å². The van der Waals surface area contributed by atoms with Crippen LogP contribution >= 0.6 is 0 Å². The van der Waals surface area contributed by atoms with Crippen LogP contribution in [0.2, 0.25) is 0 Å². The third-order valence-electron chi connectivity index (χ3n) is 5.25. The van der Waals surface area contributed by atoms with Gasteiger partial charge in [0.15, 0.2) is 5.82 Å². The minimum absolute atomic E-state index is 0.175. The van der Waals surface area contributed by atoms with Gasteiger partial charge in [0.1, 0.15) is 5.82 Å². The van der Waals surface area contributed by atoms with Crippen molar-refractivity contribution in [3.05, 3.63) is 36.7 Å². The smallest absolute Gasteiger partial charge is 0.236 e. The van der Waals surface area contributed by atoms with Crippen molar-refractivity contribution in [3.63, 3.8) is 0 Å². The molecule has 8 nitrogen and oxygen atoms in total. The first-order valence-corrected chi connectivity index (χ1v) is 9.63. The Labute approximate surface area is 159 Å². The van der Waals surface area contributed by atoms with Gasteiger partial charge in [-0.25, -0.2) is 9.97 Å². The van der Waals surface area contributed by atoms with Gasteiger partial charge in [-0.15, -0.1) is 0 Å². The van der Waals surface area contributed by atoms with Crippen molar-refractivity contribution >= 4 is 17.5 Å². The molecular formula is C19H25N7O. The number of carbonyl (C=O) groups is 1. The van der Waals surface area contributed by atoms with E-state index in [1.807, 2.05) is 4.90 Å². The molecule has 4 heterocycles. The number of rotatable bonds is 5. The predicted octanol–water partition coefficient (Wildman–Crippen LogP) is 1.81. The minimum Gasteiger partial charge on any atom is -0.341 e. The van der Waals surface area contributed by atoms with E-state index in [0.717, 1.165) is 38.2 Å². The van der Waals surface area contributed by atoms with Gasteiger partial charge in [0.25, 0.3) is 0 Å². The van der Waals surface area contributed by atoms with E-state index >= 15 is 0 Å². The molecule has 0 bridgehead atoms. The largest absolute Gasteiger partial charge is 0.341 e. The molecule has 0 saturated carbocycles. The van der Waals surface area contributed by atoms with Crippen LogP contribution in [0.15, 0.2) is 31.0 Å². The summed E-state index contributed by atoms with van der Waals surface area (Å²) in [6.45, 7) is 4.15. The number of aromatic nitrogens is 4. The fourth-order valence-corrected chi connectivity index (χ4v) is 3.89. The van der Waals surface area contributed by atoms with Crippen molar-refractivity contribution in [2.24, 2.45) is 0 Å². The van der Waals surface area contributed by atoms with Crippen molar-refractivity contribution in [3.8, 4) is 0 Å². The first-order chi connectivity index (χ1) is 13.3. The number of carbonyl (C=O) groups excluding carboxylic acids is 1. The fourth-order valence-electron chi connectivity index (χ4n) is 3.89. The molecule has 2 fully saturated rings. The molecule has 1 atom stereocenters. The number of nitrogens with zero attached hydrogens (tertiary/aromatic N) is 6. The Kier molecular flexibility index (Phi) is 5.53. The Balaban J connectivity index is 1.45. The van der Waals surface area contributed by atoms with E-state index in [2.05, 4.69) is 30.2 Å². The van der Waals surface area contributed by atoms with Gasteiger partial charge < -0.3 is 10.2 Å². The van der Waals surface area contributed by atoms with Crippen LogP contribution in [-0.4, -0.2) is 68.4 Å². The molecule has 2 aliphatic rings. The molecular weight excluding hydrogens is 342 g/mol. The van der Waals surface area contributed by atoms with Crippen LogP contribution in [0, 0.1) is 0 Å². The zero-order valence-corrected chi connectivity index (χ0v) is 15.4. The van der Waals surface area contributed by atoms with Crippen LogP contribution in [0.3, 0.4) is 0 Å². The van der Waals surface area contributed by atoms with E-state index in [1.54, 1.807) is 31.0 Å². The van der Waals surface area contributed by atoms with E-state index < -0.39 is 0 Å². The second-order valence-electron chi connectivity index (χ2n) is 7.17. The number of hydrogen-bond acceptors (Lipinski definition) is 7. The maximum Gasteiger partial charge on any atom is 0.236 e. The lowest BCUT2D eigenvalue weighted by Gasteiger charge is -2.34. The second-order valence-corrected chi connectivity index (χ2v) is 7.17. The van der Waals surface area contributed by atoms with E-state index in [-0.39, 0.29) is 11.8 Å². The van der Waals surface area contributed by atoms with Crippen LogP contribution in [0.4, 0.5) is 11.6 Å². The van der Waals surface area contributed by atoms with E-state index in [1.165, 1.54) is 12.8 Å². The quantitative estimate of drug-likeness (QED) is 0.862. The summed E-state index contributed by atoms with van der Waals surface area (Å²) in [7, 11) is 0. The zero-order valence-electron chi connectivity index (χ0n) is 15.4. The molecule has 2 aromatic heterocycles. The Morgan fingerprint density at radius 2 is 1.85 bits per heavy atom. The fraction of sp³-hybridized carbons (Fsp3) is 0.526. The van der Waals surface area contributed by atoms with Gasteiger partial charge in [-0.05, 0) is 38.8 Å². The van der Waals surface area contributed by atoms with Gasteiger partial charge >= 0.3 is 0 Å². The zero-order chi connectivity index (χ0) is 18.5. The van der Waals surface area contributed by atoms with Crippen LogP contribution in [0.1, 0.15) is 37.3 Å². The molecule has 8 heteroatoms. The topological polar surface area (TPSA) is 87.1 Å². The van der Waals surface area contributed by atoms with Gasteiger partial charge in [0.05, 0.1) is 18.4 Å². The van der Waals surface area contributed by atoms with E-state index in [4.69, 9.17) is 0 Å². The first kappa shape index (κ1) is 17.8. The Morgan fingerprint density at radius 1 is 1.04 bits per heavy atom. The summed E-state index contributed by atoms with van der Waals surface area (Å²) >= 11 is 0. The van der Waals surface area contributed by atoms with Crippen LogP contribution in [-0.2, 0) is 4.79 Å². The molecule has 27 heavy (non-hydrogen) atoms. The number of piperidine rings is 1. The maximum absolute atomic E-state index is 12.7. The monoisotopic (exact) mass is 367 g/mol. The lowest BCUT2D eigenvalue weighted by Crippen LogP contribution is -2.44. The third kappa shape index (κ3) is 4.39. The lowest BCUT2D eigenvalue weighted by atomic mass is 9.94. The maximum atomic E-state index is 12.7. The molecule has 0 aromatic carbocycles. The number of anilines is 2. The normalized spacial score (nSPS) is 20.6. The van der Waals surface area contributed by atoms with Crippen molar-refractivity contribution < 1.29 is 4.79 Å². The average molecular weight is 367 g/mol. The van der Waals surface area contributed by atoms with Crippen LogP contribution < -0.4 is 5.32 Å². The van der Waals surface area contributed by atoms with Gasteiger partial charge in [-0.1, -0.05) is 0 Å². The van der Waals surface area contributed by atoms with Crippen molar-refractivity contribution in [2.45, 2.75) is 31.6 Å². The number of hydrogen-bond donors (Lipinski definition) is 1. The SMILES string of the molecule is O=C(CN1CCCC1)N1CCC[C@@H](c2nccnc2Nc2cnccn2)C1. The van der Waals surface area contributed by atoms with E-state index in [9.17, 15) is 4.79 Å². The summed E-state index contributed by atoms with van der Waals surface area (Å²) < 4.78 is 0. The molecule has 1 N–H and O–H groups in total. The van der Waals surface area contributed by atoms with Gasteiger partial charge in [0, 0.05) is 43.8 Å². The molecule has 0 spiro atoms. The summed E-state index contributed by atoms with van der Waals surface area (Å²) in [6, 6.07) is 0. The summed E-state index contributed by atoms with van der Waals surface area (Å²) in [5.41, 5.74) is 0.891. The number of nitrogens with one attached hydrogen (secondary N) is 1. The van der Waals surface area contributed by atoms with E-state index in [0.29, 0.717) is 24.7 Å². The number of amides is 1. The third-order valence-corrected chi connectivity index (χ3v) is 5.25. The van der Waals surface area contributed by atoms with Gasteiger partial charge in [-0.3, -0.25) is 19.7 Å². The van der Waals surface area contributed by atoms with Gasteiger partial charge in [0.2, 0.25) is 5.91 Å². The molecule has 2 saturated heterocycles. The highest BCUT2D eigenvalue weighted by Crippen LogP contribution is 2.30. The summed E-state index contributed by atoms with van der Waals surface area (Å²) in [5, 5.41) is 3.21.